The molecule has 1 N–H and O–H groups in total. The second kappa shape index (κ2) is 10.5. The number of hydrogen-bond donors (Lipinski definition) is 1. The van der Waals surface area contributed by atoms with Crippen molar-refractivity contribution in [2.45, 2.75) is 19.6 Å². The maximum absolute atomic E-state index is 6.02. The van der Waals surface area contributed by atoms with Crippen LogP contribution in [0.25, 0.3) is 0 Å². The molecule has 0 amide bonds. The fourth-order valence-electron chi connectivity index (χ4n) is 3.23. The highest BCUT2D eigenvalue weighted by atomic mass is 127. The van der Waals surface area contributed by atoms with Gasteiger partial charge in [-0.25, -0.2) is 0 Å². The van der Waals surface area contributed by atoms with E-state index in [1.54, 1.807) is 7.11 Å². The van der Waals surface area contributed by atoms with Gasteiger partial charge < -0.3 is 19.7 Å². The summed E-state index contributed by atoms with van der Waals surface area (Å²) in [4.78, 5) is 6.73. The third-order valence-electron chi connectivity index (χ3n) is 4.72. The number of morpholine rings is 1. The third-order valence-corrected chi connectivity index (χ3v) is 4.72. The van der Waals surface area contributed by atoms with Crippen LogP contribution >= 0.6 is 24.0 Å². The van der Waals surface area contributed by atoms with Crippen LogP contribution in [0.3, 0.4) is 0 Å². The number of benzene rings is 2. The first-order chi connectivity index (χ1) is 12.7. The molecule has 1 unspecified atom stereocenters. The summed E-state index contributed by atoms with van der Waals surface area (Å²) in [5.41, 5.74) is 3.71. The summed E-state index contributed by atoms with van der Waals surface area (Å²) in [6.07, 6.45) is 0.0736. The monoisotopic (exact) mass is 481 g/mol. The summed E-state index contributed by atoms with van der Waals surface area (Å²) in [5, 5.41) is 3.46. The van der Waals surface area contributed by atoms with E-state index in [4.69, 9.17) is 9.47 Å². The van der Waals surface area contributed by atoms with E-state index in [9.17, 15) is 0 Å². The minimum absolute atomic E-state index is 0. The van der Waals surface area contributed by atoms with E-state index in [1.165, 1.54) is 16.7 Å². The zero-order valence-corrected chi connectivity index (χ0v) is 18.5. The van der Waals surface area contributed by atoms with Crippen molar-refractivity contribution in [2.24, 2.45) is 4.99 Å². The Morgan fingerprint density at radius 1 is 1.22 bits per heavy atom. The van der Waals surface area contributed by atoms with E-state index in [0.717, 1.165) is 31.3 Å². The minimum Gasteiger partial charge on any atom is -0.497 e. The predicted molar refractivity (Wildman–Crippen MR) is 120 cm³/mol. The second-order valence-corrected chi connectivity index (χ2v) is 6.41. The van der Waals surface area contributed by atoms with E-state index in [-0.39, 0.29) is 30.1 Å². The van der Waals surface area contributed by atoms with Gasteiger partial charge in [-0.05, 0) is 35.7 Å². The van der Waals surface area contributed by atoms with Crippen LogP contribution < -0.4 is 10.1 Å². The summed E-state index contributed by atoms with van der Waals surface area (Å²) in [6, 6.07) is 16.5. The molecule has 0 aromatic heterocycles. The number of nitrogens with one attached hydrogen (secondary N) is 1. The quantitative estimate of drug-likeness (QED) is 0.411. The molecule has 0 saturated carbocycles. The topological polar surface area (TPSA) is 46.1 Å². The number of rotatable bonds is 4. The molecule has 3 rings (SSSR count). The van der Waals surface area contributed by atoms with Crippen LogP contribution in [0.15, 0.2) is 53.5 Å². The molecule has 1 aliphatic rings. The molecule has 0 radical (unpaired) electrons. The average molecular weight is 481 g/mol. The average Bonchev–Trinajstić information content (AvgIpc) is 2.69. The first kappa shape index (κ1) is 21.5. The van der Waals surface area contributed by atoms with Crippen molar-refractivity contribution >= 4 is 29.9 Å². The molecule has 0 aliphatic carbocycles. The number of ether oxygens (including phenoxy) is 2. The van der Waals surface area contributed by atoms with Crippen LogP contribution in [0.5, 0.6) is 5.75 Å². The predicted octanol–water partition coefficient (Wildman–Crippen LogP) is 3.77. The Morgan fingerprint density at radius 3 is 2.63 bits per heavy atom. The van der Waals surface area contributed by atoms with Gasteiger partial charge in [-0.15, -0.1) is 24.0 Å². The van der Waals surface area contributed by atoms with E-state index < -0.39 is 0 Å². The standard InChI is InChI=1S/C21H27N3O2.HI/c1-16-6-4-5-7-19(16)20-15-24(12-13-26-20)21(22-2)23-14-17-8-10-18(25-3)11-9-17;/h4-11,20H,12-15H2,1-3H3,(H,22,23);1H. The van der Waals surface area contributed by atoms with Gasteiger partial charge in [-0.2, -0.15) is 0 Å². The molecular formula is C21H28IN3O2. The maximum Gasteiger partial charge on any atom is 0.194 e. The van der Waals surface area contributed by atoms with Crippen LogP contribution in [-0.4, -0.2) is 44.7 Å². The van der Waals surface area contributed by atoms with Gasteiger partial charge in [-0.1, -0.05) is 36.4 Å². The highest BCUT2D eigenvalue weighted by molar-refractivity contribution is 14.0. The van der Waals surface area contributed by atoms with Gasteiger partial charge in [0.2, 0.25) is 0 Å². The van der Waals surface area contributed by atoms with Gasteiger partial charge >= 0.3 is 0 Å². The summed E-state index contributed by atoms with van der Waals surface area (Å²) < 4.78 is 11.2. The lowest BCUT2D eigenvalue weighted by Crippen LogP contribution is -2.48. The molecule has 2 aromatic rings. The third kappa shape index (κ3) is 5.59. The zero-order chi connectivity index (χ0) is 18.4. The summed E-state index contributed by atoms with van der Waals surface area (Å²) in [6.45, 7) is 5.19. The van der Waals surface area contributed by atoms with Crippen molar-refractivity contribution in [3.05, 3.63) is 65.2 Å². The molecule has 1 saturated heterocycles. The van der Waals surface area contributed by atoms with Crippen molar-refractivity contribution < 1.29 is 9.47 Å². The molecular weight excluding hydrogens is 453 g/mol. The molecule has 1 heterocycles. The fourth-order valence-corrected chi connectivity index (χ4v) is 3.23. The molecule has 5 nitrogen and oxygen atoms in total. The number of methoxy groups -OCH3 is 1. The Hall–Kier alpha value is -1.80. The summed E-state index contributed by atoms with van der Waals surface area (Å²) in [5.74, 6) is 1.77. The fraction of sp³-hybridized carbons (Fsp3) is 0.381. The molecule has 6 heteroatoms. The highest BCUT2D eigenvalue weighted by Crippen LogP contribution is 2.25. The molecule has 0 spiro atoms. The SMILES string of the molecule is CN=C(NCc1ccc(OC)cc1)N1CCOC(c2ccccc2C)C1.I. The lowest BCUT2D eigenvalue weighted by atomic mass is 10.0. The number of nitrogens with zero attached hydrogens (tertiary/aromatic N) is 2. The number of aryl methyl sites for hydroxylation is 1. The second-order valence-electron chi connectivity index (χ2n) is 6.41. The van der Waals surface area contributed by atoms with Gasteiger partial charge in [0, 0.05) is 20.1 Å². The lowest BCUT2D eigenvalue weighted by molar-refractivity contribution is -0.00833. The molecule has 2 aromatic carbocycles. The number of halogens is 1. The van der Waals surface area contributed by atoms with E-state index >= 15 is 0 Å². The van der Waals surface area contributed by atoms with Gasteiger partial charge in [-0.3, -0.25) is 4.99 Å². The molecule has 27 heavy (non-hydrogen) atoms. The molecule has 0 bridgehead atoms. The summed E-state index contributed by atoms with van der Waals surface area (Å²) in [7, 11) is 3.51. The zero-order valence-electron chi connectivity index (χ0n) is 16.1. The lowest BCUT2D eigenvalue weighted by Gasteiger charge is -2.35. The summed E-state index contributed by atoms with van der Waals surface area (Å²) >= 11 is 0. The molecule has 146 valence electrons. The van der Waals surface area contributed by atoms with Crippen molar-refractivity contribution in [3.63, 3.8) is 0 Å². The van der Waals surface area contributed by atoms with Crippen LogP contribution in [0, 0.1) is 6.92 Å². The van der Waals surface area contributed by atoms with Gasteiger partial charge in [0.1, 0.15) is 11.9 Å². The normalized spacial score (nSPS) is 17.2. The largest absolute Gasteiger partial charge is 0.497 e. The molecule has 1 atom stereocenters. The van der Waals surface area contributed by atoms with Crippen LogP contribution in [0.1, 0.15) is 22.8 Å². The highest BCUT2D eigenvalue weighted by Gasteiger charge is 2.25. The Morgan fingerprint density at radius 2 is 1.96 bits per heavy atom. The number of aliphatic imine (C=N–C) groups is 1. The first-order valence-electron chi connectivity index (χ1n) is 8.97. The Balaban J connectivity index is 0.00000261. The van der Waals surface area contributed by atoms with Crippen molar-refractivity contribution in [1.82, 2.24) is 10.2 Å². The maximum atomic E-state index is 6.02. The smallest absolute Gasteiger partial charge is 0.194 e. The minimum atomic E-state index is 0. The van der Waals surface area contributed by atoms with Crippen LogP contribution in [0.2, 0.25) is 0 Å². The van der Waals surface area contributed by atoms with Gasteiger partial charge in [0.05, 0.1) is 20.3 Å². The van der Waals surface area contributed by atoms with Crippen LogP contribution in [-0.2, 0) is 11.3 Å². The molecule has 1 aliphatic heterocycles. The Kier molecular flexibility index (Phi) is 8.37. The number of guanidine groups is 1. The number of hydrogen-bond acceptors (Lipinski definition) is 3. The molecule has 1 fully saturated rings. The van der Waals surface area contributed by atoms with Crippen molar-refractivity contribution in [3.8, 4) is 5.75 Å². The Labute approximate surface area is 178 Å². The van der Waals surface area contributed by atoms with Crippen molar-refractivity contribution in [2.75, 3.05) is 33.9 Å². The first-order valence-corrected chi connectivity index (χ1v) is 8.97. The van der Waals surface area contributed by atoms with Crippen LogP contribution in [0.4, 0.5) is 0 Å². The van der Waals surface area contributed by atoms with E-state index in [1.807, 2.05) is 19.2 Å². The Bertz CT molecular complexity index is 749. The van der Waals surface area contributed by atoms with E-state index in [2.05, 4.69) is 58.5 Å². The van der Waals surface area contributed by atoms with Gasteiger partial charge in [0.25, 0.3) is 0 Å². The van der Waals surface area contributed by atoms with E-state index in [0.29, 0.717) is 6.61 Å². The van der Waals surface area contributed by atoms with Gasteiger partial charge in [0.15, 0.2) is 5.96 Å². The van der Waals surface area contributed by atoms with Crippen molar-refractivity contribution in [1.29, 1.82) is 0 Å².